The Bertz CT molecular complexity index is 1010. The molecule has 1 saturated heterocycles. The van der Waals surface area contributed by atoms with Crippen LogP contribution in [-0.2, 0) is 10.0 Å². The summed E-state index contributed by atoms with van der Waals surface area (Å²) in [7, 11) is -3.54. The van der Waals surface area contributed by atoms with E-state index in [9.17, 15) is 8.42 Å². The maximum Gasteiger partial charge on any atom is 0.243 e. The molecule has 0 amide bonds. The number of ether oxygens (including phenoxy) is 2. The molecule has 1 fully saturated rings. The van der Waals surface area contributed by atoms with Crippen molar-refractivity contribution in [3.63, 3.8) is 0 Å². The second-order valence-electron chi connectivity index (χ2n) is 6.63. The Hall–Kier alpha value is -2.07. The Balaban J connectivity index is 1.36. The first kappa shape index (κ1) is 20.2. The van der Waals surface area contributed by atoms with Crippen LogP contribution in [0.15, 0.2) is 47.4 Å². The molecule has 0 unspecified atom stereocenters. The van der Waals surface area contributed by atoms with Gasteiger partial charge in [0.2, 0.25) is 10.0 Å². The summed E-state index contributed by atoms with van der Waals surface area (Å²) in [5.41, 5.74) is 0.801. The molecule has 1 N–H and O–H groups in total. The number of nitrogens with zero attached hydrogens (tertiary/aromatic N) is 2. The number of hydrogen-bond donors (Lipinski definition) is 1. The van der Waals surface area contributed by atoms with Gasteiger partial charge in [-0.05, 0) is 48.6 Å². The lowest BCUT2D eigenvalue weighted by atomic mass is 10.2. The van der Waals surface area contributed by atoms with Gasteiger partial charge in [-0.2, -0.15) is 4.31 Å². The van der Waals surface area contributed by atoms with Crippen molar-refractivity contribution < 1.29 is 17.9 Å². The molecule has 0 bridgehead atoms. The molecule has 2 aromatic carbocycles. The van der Waals surface area contributed by atoms with Gasteiger partial charge in [0.25, 0.3) is 0 Å². The molecule has 0 saturated carbocycles. The molecule has 2 heterocycles. The summed E-state index contributed by atoms with van der Waals surface area (Å²) in [6, 6.07) is 11.8. The van der Waals surface area contributed by atoms with Gasteiger partial charge in [-0.1, -0.05) is 11.6 Å². The summed E-state index contributed by atoms with van der Waals surface area (Å²) in [5, 5.41) is 4.24. The first-order chi connectivity index (χ1) is 13.9. The lowest BCUT2D eigenvalue weighted by Gasteiger charge is -2.35. The highest BCUT2D eigenvalue weighted by molar-refractivity contribution is 7.89. The maximum atomic E-state index is 12.8. The minimum atomic E-state index is -3.54. The van der Waals surface area contributed by atoms with E-state index in [1.54, 1.807) is 12.1 Å². The highest BCUT2D eigenvalue weighted by Gasteiger charge is 2.29. The zero-order chi connectivity index (χ0) is 20.4. The number of anilines is 1. The molecule has 10 heteroatoms. The van der Waals surface area contributed by atoms with Crippen LogP contribution in [0, 0.1) is 0 Å². The smallest absolute Gasteiger partial charge is 0.243 e. The fourth-order valence-corrected chi connectivity index (χ4v) is 5.06. The van der Waals surface area contributed by atoms with E-state index in [1.165, 1.54) is 16.4 Å². The number of benzene rings is 2. The molecule has 2 aromatic rings. The van der Waals surface area contributed by atoms with Gasteiger partial charge >= 0.3 is 0 Å². The summed E-state index contributed by atoms with van der Waals surface area (Å²) < 4.78 is 38.2. The van der Waals surface area contributed by atoms with Crippen LogP contribution in [0.3, 0.4) is 0 Å². The van der Waals surface area contributed by atoms with Gasteiger partial charge in [-0.3, -0.25) is 0 Å². The van der Waals surface area contributed by atoms with E-state index in [-0.39, 0.29) is 4.90 Å². The lowest BCUT2D eigenvalue weighted by Crippen LogP contribution is -2.51. The first-order valence-corrected chi connectivity index (χ1v) is 11.4. The van der Waals surface area contributed by atoms with Gasteiger partial charge in [-0.25, -0.2) is 8.42 Å². The summed E-state index contributed by atoms with van der Waals surface area (Å²) in [6.07, 6.45) is 0. The van der Waals surface area contributed by atoms with Crippen LogP contribution in [0.25, 0.3) is 0 Å². The van der Waals surface area contributed by atoms with Crippen molar-refractivity contribution in [2.24, 2.45) is 0 Å². The van der Waals surface area contributed by atoms with E-state index < -0.39 is 10.0 Å². The molecule has 0 spiro atoms. The van der Waals surface area contributed by atoms with Gasteiger partial charge in [0.15, 0.2) is 16.6 Å². The molecule has 7 nitrogen and oxygen atoms in total. The van der Waals surface area contributed by atoms with E-state index in [0.717, 1.165) is 5.69 Å². The van der Waals surface area contributed by atoms with Crippen molar-refractivity contribution in [1.82, 2.24) is 9.21 Å². The van der Waals surface area contributed by atoms with Crippen molar-refractivity contribution in [3.05, 3.63) is 47.5 Å². The Kier molecular flexibility index (Phi) is 5.82. The molecule has 29 heavy (non-hydrogen) atoms. The number of rotatable bonds is 3. The number of hydrogen-bond acceptors (Lipinski definition) is 5. The molecular formula is C19H20ClN3O4S2. The van der Waals surface area contributed by atoms with Crippen molar-refractivity contribution >= 4 is 44.6 Å². The molecular weight excluding hydrogens is 434 g/mol. The molecule has 0 aliphatic carbocycles. The summed E-state index contributed by atoms with van der Waals surface area (Å²) in [4.78, 5) is 2.20. The molecule has 4 rings (SSSR count). The first-order valence-electron chi connectivity index (χ1n) is 9.15. The average Bonchev–Trinajstić information content (AvgIpc) is 2.74. The van der Waals surface area contributed by atoms with Gasteiger partial charge in [0.1, 0.15) is 13.2 Å². The van der Waals surface area contributed by atoms with Crippen LogP contribution in [0.4, 0.5) is 5.69 Å². The fraction of sp³-hybridized carbons (Fsp3) is 0.316. The van der Waals surface area contributed by atoms with Crippen LogP contribution in [0.2, 0.25) is 5.02 Å². The average molecular weight is 454 g/mol. The Morgan fingerprint density at radius 2 is 1.62 bits per heavy atom. The van der Waals surface area contributed by atoms with Crippen LogP contribution in [0.5, 0.6) is 11.5 Å². The Morgan fingerprint density at radius 1 is 0.966 bits per heavy atom. The number of piperazine rings is 1. The molecule has 154 valence electrons. The maximum absolute atomic E-state index is 12.8. The van der Waals surface area contributed by atoms with Crippen LogP contribution < -0.4 is 14.8 Å². The number of fused-ring (bicyclic) bond motifs is 1. The van der Waals surface area contributed by atoms with Crippen LogP contribution >= 0.6 is 23.8 Å². The quantitative estimate of drug-likeness (QED) is 0.716. The normalized spacial score (nSPS) is 17.1. The van der Waals surface area contributed by atoms with E-state index in [0.29, 0.717) is 61.0 Å². The molecule has 0 radical (unpaired) electrons. The predicted octanol–water partition coefficient (Wildman–Crippen LogP) is 2.81. The van der Waals surface area contributed by atoms with E-state index in [1.807, 2.05) is 23.1 Å². The summed E-state index contributed by atoms with van der Waals surface area (Å²) in [6.45, 7) is 2.78. The second kappa shape index (κ2) is 8.35. The summed E-state index contributed by atoms with van der Waals surface area (Å²) in [5.74, 6) is 1.40. The number of halogens is 1. The topological polar surface area (TPSA) is 71.1 Å². The van der Waals surface area contributed by atoms with Gasteiger partial charge in [-0.15, -0.1) is 0 Å². The third kappa shape index (κ3) is 4.42. The third-order valence-electron chi connectivity index (χ3n) is 4.77. The molecule has 0 aromatic heterocycles. The monoisotopic (exact) mass is 453 g/mol. The standard InChI is InChI=1S/C19H20ClN3O4S2/c20-14-1-4-16(5-2-14)29(24,25)23-9-7-22(8-10-23)19(28)21-15-3-6-17-18(13-15)27-12-11-26-17/h1-6,13H,7-12H2,(H,21,28). The Morgan fingerprint density at radius 3 is 2.31 bits per heavy atom. The van der Waals surface area contributed by atoms with Crippen LogP contribution in [-0.4, -0.2) is 62.1 Å². The highest BCUT2D eigenvalue weighted by Crippen LogP contribution is 2.32. The van der Waals surface area contributed by atoms with Crippen molar-refractivity contribution in [2.75, 3.05) is 44.7 Å². The van der Waals surface area contributed by atoms with Gasteiger partial charge in [0.05, 0.1) is 4.90 Å². The number of sulfonamides is 1. The SMILES string of the molecule is O=S(=O)(c1ccc(Cl)cc1)N1CCN(C(=S)Nc2ccc3c(c2)OCCO3)CC1. The van der Waals surface area contributed by atoms with Crippen molar-refractivity contribution in [1.29, 1.82) is 0 Å². The predicted molar refractivity (Wildman–Crippen MR) is 115 cm³/mol. The fourth-order valence-electron chi connectivity index (χ4n) is 3.21. The van der Waals surface area contributed by atoms with E-state index >= 15 is 0 Å². The largest absolute Gasteiger partial charge is 0.486 e. The highest BCUT2D eigenvalue weighted by atomic mass is 35.5. The molecule has 2 aliphatic heterocycles. The van der Waals surface area contributed by atoms with Crippen LogP contribution in [0.1, 0.15) is 0 Å². The Labute approximate surface area is 180 Å². The van der Waals surface area contributed by atoms with Crippen molar-refractivity contribution in [3.8, 4) is 11.5 Å². The minimum Gasteiger partial charge on any atom is -0.486 e. The van der Waals surface area contributed by atoms with Crippen molar-refractivity contribution in [2.45, 2.75) is 4.90 Å². The third-order valence-corrected chi connectivity index (χ3v) is 7.30. The summed E-state index contributed by atoms with van der Waals surface area (Å²) >= 11 is 11.4. The molecule has 0 atom stereocenters. The number of thiocarbonyl (C=S) groups is 1. The zero-order valence-electron chi connectivity index (χ0n) is 15.5. The van der Waals surface area contributed by atoms with Gasteiger partial charge < -0.3 is 19.7 Å². The van der Waals surface area contributed by atoms with Gasteiger partial charge in [0, 0.05) is 43.0 Å². The second-order valence-corrected chi connectivity index (χ2v) is 9.39. The molecule has 2 aliphatic rings. The zero-order valence-corrected chi connectivity index (χ0v) is 17.9. The number of nitrogens with one attached hydrogen (secondary N) is 1. The van der Waals surface area contributed by atoms with E-state index in [2.05, 4.69) is 5.32 Å². The minimum absolute atomic E-state index is 0.243. The lowest BCUT2D eigenvalue weighted by molar-refractivity contribution is 0.171. The van der Waals surface area contributed by atoms with E-state index in [4.69, 9.17) is 33.3 Å².